The Bertz CT molecular complexity index is 701. The Morgan fingerprint density at radius 2 is 1.88 bits per heavy atom. The van der Waals surface area contributed by atoms with E-state index < -0.39 is 0 Å². The molecule has 2 rings (SSSR count). The second kappa shape index (κ2) is 8.27. The van der Waals surface area contributed by atoms with E-state index in [9.17, 15) is 9.18 Å². The lowest BCUT2D eigenvalue weighted by molar-refractivity contribution is -0.692. The van der Waals surface area contributed by atoms with E-state index in [1.807, 2.05) is 24.4 Å². The van der Waals surface area contributed by atoms with Crippen molar-refractivity contribution < 1.29 is 14.5 Å². The Kier molecular flexibility index (Phi) is 6.35. The summed E-state index contributed by atoms with van der Waals surface area (Å²) in [6.45, 7) is 6.38. The summed E-state index contributed by atoms with van der Waals surface area (Å²) in [5.74, 6) is -0.0623. The van der Waals surface area contributed by atoms with Crippen LogP contribution in [0.2, 0.25) is 5.02 Å². The summed E-state index contributed by atoms with van der Waals surface area (Å²) in [7, 11) is 0. The fourth-order valence-corrected chi connectivity index (χ4v) is 2.92. The maximum atomic E-state index is 13.1. The van der Waals surface area contributed by atoms with E-state index in [1.165, 1.54) is 12.1 Å². The zero-order valence-corrected chi connectivity index (χ0v) is 14.9. The summed E-state index contributed by atoms with van der Waals surface area (Å²) in [5, 5.41) is 5.33. The number of aryl methyl sites for hydroxylation is 1. The van der Waals surface area contributed by atoms with Gasteiger partial charge < -0.3 is 10.6 Å². The number of carbonyl (C=O) groups is 1. The van der Waals surface area contributed by atoms with Crippen molar-refractivity contribution in [2.75, 3.05) is 11.9 Å². The minimum atomic E-state index is -0.256. The summed E-state index contributed by atoms with van der Waals surface area (Å²) in [6.07, 6.45) is 0. The number of hydrogen-bond acceptors (Lipinski definition) is 1. The maximum Gasteiger partial charge on any atom is 0.279 e. The SMILES string of the molecule is Cc1ccc(NC(=O)C[NH2+][C@H](c2ccc(F)cc2)C(C)C)c(Cl)c1. The second-order valence-electron chi connectivity index (χ2n) is 6.29. The predicted molar refractivity (Wildman–Crippen MR) is 95.6 cm³/mol. The first kappa shape index (κ1) is 18.4. The number of nitrogens with one attached hydrogen (secondary N) is 1. The molecule has 0 fully saturated rings. The molecule has 0 heterocycles. The largest absolute Gasteiger partial charge is 0.332 e. The Hall–Kier alpha value is -1.91. The van der Waals surface area contributed by atoms with E-state index in [0.29, 0.717) is 16.6 Å². The first-order valence-electron chi connectivity index (χ1n) is 8.01. The number of anilines is 1. The highest BCUT2D eigenvalue weighted by atomic mass is 35.5. The Balaban J connectivity index is 1.98. The van der Waals surface area contributed by atoms with Crippen LogP contribution in [0.25, 0.3) is 0 Å². The van der Waals surface area contributed by atoms with Gasteiger partial charge >= 0.3 is 0 Å². The summed E-state index contributed by atoms with van der Waals surface area (Å²) in [6, 6.07) is 12.0. The molecule has 24 heavy (non-hydrogen) atoms. The second-order valence-corrected chi connectivity index (χ2v) is 6.70. The van der Waals surface area contributed by atoms with Crippen molar-refractivity contribution in [1.82, 2.24) is 0 Å². The molecule has 0 unspecified atom stereocenters. The first-order valence-corrected chi connectivity index (χ1v) is 8.39. The van der Waals surface area contributed by atoms with Gasteiger partial charge in [-0.1, -0.05) is 43.6 Å². The van der Waals surface area contributed by atoms with Gasteiger partial charge in [0.1, 0.15) is 11.9 Å². The van der Waals surface area contributed by atoms with E-state index in [0.717, 1.165) is 11.1 Å². The van der Waals surface area contributed by atoms with Gasteiger partial charge in [0.25, 0.3) is 5.91 Å². The van der Waals surface area contributed by atoms with Crippen LogP contribution in [0.1, 0.15) is 31.0 Å². The highest BCUT2D eigenvalue weighted by molar-refractivity contribution is 6.33. The van der Waals surface area contributed by atoms with Crippen LogP contribution in [0.15, 0.2) is 42.5 Å². The molecule has 0 saturated carbocycles. The van der Waals surface area contributed by atoms with E-state index in [4.69, 9.17) is 11.6 Å². The van der Waals surface area contributed by atoms with E-state index in [1.54, 1.807) is 18.2 Å². The van der Waals surface area contributed by atoms with Gasteiger partial charge in [-0.3, -0.25) is 4.79 Å². The normalized spacial score (nSPS) is 12.2. The average molecular weight is 350 g/mol. The quantitative estimate of drug-likeness (QED) is 0.821. The maximum absolute atomic E-state index is 13.1. The summed E-state index contributed by atoms with van der Waals surface area (Å²) < 4.78 is 13.1. The van der Waals surface area contributed by atoms with Crippen LogP contribution in [0.5, 0.6) is 0 Å². The highest BCUT2D eigenvalue weighted by Crippen LogP contribution is 2.22. The number of hydrogen-bond donors (Lipinski definition) is 2. The molecule has 0 spiro atoms. The lowest BCUT2D eigenvalue weighted by Crippen LogP contribution is -2.88. The number of carbonyl (C=O) groups excluding carboxylic acids is 1. The molecule has 0 aliphatic heterocycles. The number of nitrogens with two attached hydrogens (primary N) is 1. The van der Waals surface area contributed by atoms with Gasteiger partial charge in [0.05, 0.1) is 10.7 Å². The van der Waals surface area contributed by atoms with Crippen LogP contribution in [-0.2, 0) is 4.79 Å². The van der Waals surface area contributed by atoms with Crippen molar-refractivity contribution in [2.24, 2.45) is 5.92 Å². The monoisotopic (exact) mass is 349 g/mol. The number of halogens is 2. The number of amides is 1. The molecule has 0 saturated heterocycles. The number of quaternary nitrogens is 1. The number of benzene rings is 2. The molecule has 1 amide bonds. The van der Waals surface area contributed by atoms with Crippen molar-refractivity contribution in [2.45, 2.75) is 26.8 Å². The zero-order valence-electron chi connectivity index (χ0n) is 14.1. The van der Waals surface area contributed by atoms with Crippen molar-refractivity contribution >= 4 is 23.2 Å². The molecule has 3 N–H and O–H groups in total. The van der Waals surface area contributed by atoms with Crippen LogP contribution >= 0.6 is 11.6 Å². The van der Waals surface area contributed by atoms with Gasteiger partial charge in [-0.25, -0.2) is 4.39 Å². The Labute approximate surface area is 147 Å². The average Bonchev–Trinajstić information content (AvgIpc) is 2.52. The Morgan fingerprint density at radius 3 is 2.46 bits per heavy atom. The summed E-state index contributed by atoms with van der Waals surface area (Å²) in [4.78, 5) is 12.2. The van der Waals surface area contributed by atoms with Crippen LogP contribution in [-0.4, -0.2) is 12.5 Å². The predicted octanol–water partition coefficient (Wildman–Crippen LogP) is 3.69. The third-order valence-corrected chi connectivity index (χ3v) is 4.24. The summed E-state index contributed by atoms with van der Waals surface area (Å²) >= 11 is 6.14. The van der Waals surface area contributed by atoms with Crippen LogP contribution in [0.4, 0.5) is 10.1 Å². The molecule has 0 aromatic heterocycles. The van der Waals surface area contributed by atoms with E-state index in [-0.39, 0.29) is 24.3 Å². The lowest BCUT2D eigenvalue weighted by Gasteiger charge is -2.19. The third-order valence-electron chi connectivity index (χ3n) is 3.93. The smallest absolute Gasteiger partial charge is 0.279 e. The fourth-order valence-electron chi connectivity index (χ4n) is 2.63. The molecule has 0 radical (unpaired) electrons. The van der Waals surface area contributed by atoms with Crippen molar-refractivity contribution in [3.05, 3.63) is 64.4 Å². The number of rotatable bonds is 6. The molecule has 0 aliphatic carbocycles. The van der Waals surface area contributed by atoms with E-state index >= 15 is 0 Å². The zero-order chi connectivity index (χ0) is 17.7. The van der Waals surface area contributed by atoms with Crippen molar-refractivity contribution in [1.29, 1.82) is 0 Å². The van der Waals surface area contributed by atoms with E-state index in [2.05, 4.69) is 19.2 Å². The van der Waals surface area contributed by atoms with Gasteiger partial charge in [-0.05, 0) is 36.8 Å². The third kappa shape index (κ3) is 5.05. The molecular formula is C19H23ClFN2O+. The van der Waals surface area contributed by atoms with Gasteiger partial charge in [-0.15, -0.1) is 0 Å². The Morgan fingerprint density at radius 1 is 1.21 bits per heavy atom. The van der Waals surface area contributed by atoms with Crippen molar-refractivity contribution in [3.8, 4) is 0 Å². The standard InChI is InChI=1S/C19H22ClFN2O/c1-12(2)19(14-5-7-15(21)8-6-14)22-11-18(24)23-17-9-4-13(3)10-16(17)20/h4-10,12,19,22H,11H2,1-3H3,(H,23,24)/p+1/t19-/m0/s1. The molecule has 1 atom stereocenters. The topological polar surface area (TPSA) is 45.7 Å². The van der Waals surface area contributed by atoms with Gasteiger partial charge in [0.2, 0.25) is 0 Å². The van der Waals surface area contributed by atoms with Gasteiger partial charge in [-0.2, -0.15) is 0 Å². The minimum Gasteiger partial charge on any atom is -0.332 e. The van der Waals surface area contributed by atoms with Gasteiger partial charge in [0, 0.05) is 11.5 Å². The highest BCUT2D eigenvalue weighted by Gasteiger charge is 2.20. The summed E-state index contributed by atoms with van der Waals surface area (Å²) in [5.41, 5.74) is 2.66. The van der Waals surface area contributed by atoms with Gasteiger partial charge in [0.15, 0.2) is 6.54 Å². The molecule has 2 aromatic rings. The first-order chi connectivity index (χ1) is 11.4. The minimum absolute atomic E-state index is 0.0878. The molecule has 2 aromatic carbocycles. The van der Waals surface area contributed by atoms with Crippen LogP contribution in [0, 0.1) is 18.7 Å². The molecule has 128 valence electrons. The molecule has 3 nitrogen and oxygen atoms in total. The molecular weight excluding hydrogens is 327 g/mol. The molecule has 0 bridgehead atoms. The van der Waals surface area contributed by atoms with Crippen molar-refractivity contribution in [3.63, 3.8) is 0 Å². The fraction of sp³-hybridized carbons (Fsp3) is 0.316. The lowest BCUT2D eigenvalue weighted by atomic mass is 9.96. The molecule has 0 aliphatic rings. The van der Waals surface area contributed by atoms with Crippen LogP contribution in [0.3, 0.4) is 0 Å². The van der Waals surface area contributed by atoms with Crippen LogP contribution < -0.4 is 10.6 Å². The molecule has 5 heteroatoms.